The van der Waals surface area contributed by atoms with Gasteiger partial charge in [0.15, 0.2) is 0 Å². The Balaban J connectivity index is 4.42. The zero-order chi connectivity index (χ0) is 12.9. The molecule has 0 heterocycles. The third-order valence-electron chi connectivity index (χ3n) is 2.15. The largest absolute Gasteiger partial charge is 0.480 e. The Morgan fingerprint density at radius 2 is 1.88 bits per heavy atom. The molecule has 0 aliphatic carbocycles. The lowest BCUT2D eigenvalue weighted by atomic mass is 10.00. The quantitative estimate of drug-likeness (QED) is 0.776. The summed E-state index contributed by atoms with van der Waals surface area (Å²) in [6.07, 6.45) is -0.0209. The highest BCUT2D eigenvalue weighted by Gasteiger charge is 2.27. The van der Waals surface area contributed by atoms with Crippen LogP contribution in [0.1, 0.15) is 41.0 Å². The summed E-state index contributed by atoms with van der Waals surface area (Å²) >= 11 is 0. The normalized spacial score (nSPS) is 15.1. The molecule has 1 unspecified atom stereocenters. The highest BCUT2D eigenvalue weighted by molar-refractivity contribution is 5.80. The van der Waals surface area contributed by atoms with E-state index >= 15 is 0 Å². The number of carbonyl (C=O) groups excluding carboxylic acids is 1. The number of rotatable bonds is 4. The predicted molar refractivity (Wildman–Crippen MR) is 60.2 cm³/mol. The van der Waals surface area contributed by atoms with Crippen molar-refractivity contribution < 1.29 is 19.4 Å². The first-order valence-electron chi connectivity index (χ1n) is 5.39. The molecule has 0 fully saturated rings. The lowest BCUT2D eigenvalue weighted by Crippen LogP contribution is -2.46. The summed E-state index contributed by atoms with van der Waals surface area (Å²) in [5, 5.41) is 11.3. The lowest BCUT2D eigenvalue weighted by Gasteiger charge is -2.24. The van der Waals surface area contributed by atoms with Gasteiger partial charge >= 0.3 is 12.1 Å². The van der Waals surface area contributed by atoms with Gasteiger partial charge in [0.1, 0.15) is 11.6 Å². The van der Waals surface area contributed by atoms with Gasteiger partial charge < -0.3 is 15.2 Å². The molecule has 0 saturated carbocycles. The van der Waals surface area contributed by atoms with Crippen LogP contribution in [0.15, 0.2) is 0 Å². The van der Waals surface area contributed by atoms with Gasteiger partial charge in [-0.05, 0) is 26.7 Å². The van der Waals surface area contributed by atoms with Gasteiger partial charge in [0.25, 0.3) is 0 Å². The summed E-state index contributed by atoms with van der Waals surface area (Å²) in [7, 11) is 0. The molecule has 0 saturated heterocycles. The molecule has 0 radical (unpaired) electrons. The number of hydrogen-bond donors (Lipinski definition) is 2. The van der Waals surface area contributed by atoms with Gasteiger partial charge in [0.05, 0.1) is 0 Å². The van der Waals surface area contributed by atoms with Crippen molar-refractivity contribution in [3.8, 4) is 0 Å². The van der Waals surface area contributed by atoms with Crippen LogP contribution in [0.2, 0.25) is 0 Å². The number of carboxylic acid groups (broad SMARTS) is 1. The second-order valence-corrected chi connectivity index (χ2v) is 4.85. The SMILES string of the molecule is CC[C@@H](C)C(NC(=O)OC(C)(C)C)C(=O)O. The average Bonchev–Trinajstić information content (AvgIpc) is 2.09. The van der Waals surface area contributed by atoms with Crippen LogP contribution in [-0.4, -0.2) is 28.8 Å². The number of hydrogen-bond acceptors (Lipinski definition) is 3. The van der Waals surface area contributed by atoms with Gasteiger partial charge in [-0.2, -0.15) is 0 Å². The topological polar surface area (TPSA) is 75.6 Å². The third kappa shape index (κ3) is 5.58. The monoisotopic (exact) mass is 231 g/mol. The molecule has 16 heavy (non-hydrogen) atoms. The van der Waals surface area contributed by atoms with Crippen molar-refractivity contribution in [3.05, 3.63) is 0 Å². The van der Waals surface area contributed by atoms with E-state index < -0.39 is 23.7 Å². The Bertz CT molecular complexity index is 257. The van der Waals surface area contributed by atoms with E-state index in [2.05, 4.69) is 5.32 Å². The molecular formula is C11H21NO4. The molecular weight excluding hydrogens is 210 g/mol. The Morgan fingerprint density at radius 3 is 2.19 bits per heavy atom. The van der Waals surface area contributed by atoms with Crippen LogP contribution in [-0.2, 0) is 9.53 Å². The van der Waals surface area contributed by atoms with Crippen LogP contribution in [0.25, 0.3) is 0 Å². The fourth-order valence-corrected chi connectivity index (χ4v) is 1.12. The molecule has 1 amide bonds. The highest BCUT2D eigenvalue weighted by Crippen LogP contribution is 2.11. The van der Waals surface area contributed by atoms with E-state index in [0.717, 1.165) is 0 Å². The molecule has 0 aromatic carbocycles. The van der Waals surface area contributed by atoms with E-state index in [1.807, 2.05) is 6.92 Å². The number of alkyl carbamates (subject to hydrolysis) is 1. The maximum atomic E-state index is 11.4. The Morgan fingerprint density at radius 1 is 1.38 bits per heavy atom. The molecule has 5 nitrogen and oxygen atoms in total. The lowest BCUT2D eigenvalue weighted by molar-refractivity contribution is -0.140. The number of nitrogens with one attached hydrogen (secondary N) is 1. The molecule has 0 aromatic rings. The third-order valence-corrected chi connectivity index (χ3v) is 2.15. The van der Waals surface area contributed by atoms with E-state index in [1.54, 1.807) is 27.7 Å². The van der Waals surface area contributed by atoms with Gasteiger partial charge in [-0.25, -0.2) is 9.59 Å². The van der Waals surface area contributed by atoms with Crippen molar-refractivity contribution in [2.24, 2.45) is 5.92 Å². The zero-order valence-corrected chi connectivity index (χ0v) is 10.5. The molecule has 0 spiro atoms. The first kappa shape index (κ1) is 14.7. The maximum Gasteiger partial charge on any atom is 0.408 e. The molecule has 0 aliphatic heterocycles. The number of aliphatic carboxylic acids is 1. The summed E-state index contributed by atoms with van der Waals surface area (Å²) in [4.78, 5) is 22.3. The van der Waals surface area contributed by atoms with Crippen LogP contribution in [0.5, 0.6) is 0 Å². The minimum absolute atomic E-state index is 0.134. The van der Waals surface area contributed by atoms with Crippen LogP contribution in [0.4, 0.5) is 4.79 Å². The number of carboxylic acids is 1. The number of amides is 1. The molecule has 0 rings (SSSR count). The number of carbonyl (C=O) groups is 2. The summed E-state index contributed by atoms with van der Waals surface area (Å²) in [5.74, 6) is -1.18. The van der Waals surface area contributed by atoms with Gasteiger partial charge in [-0.3, -0.25) is 0 Å². The molecule has 0 aromatic heterocycles. The van der Waals surface area contributed by atoms with E-state index in [4.69, 9.17) is 9.84 Å². The van der Waals surface area contributed by atoms with Gasteiger partial charge in [-0.1, -0.05) is 20.3 Å². The smallest absolute Gasteiger partial charge is 0.408 e. The maximum absolute atomic E-state index is 11.4. The van der Waals surface area contributed by atoms with Crippen LogP contribution in [0.3, 0.4) is 0 Å². The number of ether oxygens (including phenoxy) is 1. The van der Waals surface area contributed by atoms with Crippen molar-refractivity contribution in [2.45, 2.75) is 52.7 Å². The van der Waals surface area contributed by atoms with Gasteiger partial charge in [0.2, 0.25) is 0 Å². The second-order valence-electron chi connectivity index (χ2n) is 4.85. The van der Waals surface area contributed by atoms with Crippen molar-refractivity contribution in [2.75, 3.05) is 0 Å². The summed E-state index contributed by atoms with van der Waals surface area (Å²) in [6, 6.07) is -0.903. The van der Waals surface area contributed by atoms with Crippen molar-refractivity contribution in [3.63, 3.8) is 0 Å². The highest BCUT2D eigenvalue weighted by atomic mass is 16.6. The van der Waals surface area contributed by atoms with Crippen LogP contribution >= 0.6 is 0 Å². The van der Waals surface area contributed by atoms with Gasteiger partial charge in [-0.15, -0.1) is 0 Å². The minimum atomic E-state index is -1.04. The molecule has 0 bridgehead atoms. The fourth-order valence-electron chi connectivity index (χ4n) is 1.12. The summed E-state index contributed by atoms with van der Waals surface area (Å²) in [5.41, 5.74) is -0.622. The fraction of sp³-hybridized carbons (Fsp3) is 0.818. The molecule has 5 heteroatoms. The first-order chi connectivity index (χ1) is 7.17. The predicted octanol–water partition coefficient (Wildman–Crippen LogP) is 2.01. The average molecular weight is 231 g/mol. The molecule has 2 atom stereocenters. The Labute approximate surface area is 96.2 Å². The van der Waals surface area contributed by atoms with Crippen molar-refractivity contribution in [1.29, 1.82) is 0 Å². The van der Waals surface area contributed by atoms with Gasteiger partial charge in [0, 0.05) is 0 Å². The van der Waals surface area contributed by atoms with Crippen molar-refractivity contribution >= 4 is 12.1 Å². The Kier molecular flexibility index (Phi) is 5.27. The van der Waals surface area contributed by atoms with E-state index in [-0.39, 0.29) is 5.92 Å². The molecule has 94 valence electrons. The Hall–Kier alpha value is -1.26. The standard InChI is InChI=1S/C11H21NO4/c1-6-7(2)8(9(13)14)12-10(15)16-11(3,4)5/h7-8H,6H2,1-5H3,(H,12,15)(H,13,14)/t7-,8?/m1/s1. The molecule has 0 aliphatic rings. The van der Waals surface area contributed by atoms with Crippen LogP contribution < -0.4 is 5.32 Å². The van der Waals surface area contributed by atoms with Crippen molar-refractivity contribution in [1.82, 2.24) is 5.32 Å². The summed E-state index contributed by atoms with van der Waals surface area (Å²) < 4.78 is 5.00. The van der Waals surface area contributed by atoms with E-state index in [9.17, 15) is 9.59 Å². The minimum Gasteiger partial charge on any atom is -0.480 e. The second kappa shape index (κ2) is 5.72. The van der Waals surface area contributed by atoms with Crippen LogP contribution in [0, 0.1) is 5.92 Å². The van der Waals surface area contributed by atoms with E-state index in [0.29, 0.717) is 6.42 Å². The summed E-state index contributed by atoms with van der Waals surface area (Å²) in [6.45, 7) is 8.83. The molecule has 2 N–H and O–H groups in total. The van der Waals surface area contributed by atoms with E-state index in [1.165, 1.54) is 0 Å². The first-order valence-corrected chi connectivity index (χ1v) is 5.39. The zero-order valence-electron chi connectivity index (χ0n) is 10.5.